The molecule has 0 saturated heterocycles. The van der Waals surface area contributed by atoms with Crippen molar-refractivity contribution in [3.63, 3.8) is 0 Å². The number of rotatable bonds is 38. The summed E-state index contributed by atoms with van der Waals surface area (Å²) in [6.45, 7) is 5.30. The second-order valence-corrected chi connectivity index (χ2v) is 16.1. The van der Waals surface area contributed by atoms with Crippen molar-refractivity contribution in [2.24, 2.45) is 22.9 Å². The van der Waals surface area contributed by atoms with Crippen molar-refractivity contribution in [2.75, 3.05) is 13.1 Å². The van der Waals surface area contributed by atoms with Crippen LogP contribution in [-0.2, 0) is 38.4 Å². The van der Waals surface area contributed by atoms with Crippen molar-refractivity contribution in [2.45, 2.75) is 192 Å². The van der Waals surface area contributed by atoms with Crippen molar-refractivity contribution < 1.29 is 38.4 Å². The molecule has 0 aliphatic heterocycles. The molecule has 0 aromatic carbocycles. The maximum absolute atomic E-state index is 13.7. The minimum atomic E-state index is -1.38. The van der Waals surface area contributed by atoms with Gasteiger partial charge in [-0.25, -0.2) is 0 Å². The number of hydrogen-bond donors (Lipinski definition) is 13. The van der Waals surface area contributed by atoms with Crippen molar-refractivity contribution in [3.8, 4) is 0 Å². The molecule has 0 heterocycles. The van der Waals surface area contributed by atoms with Gasteiger partial charge >= 0.3 is 0 Å². The van der Waals surface area contributed by atoms with E-state index < -0.39 is 65.7 Å². The molecule has 0 aromatic rings. The third-order valence-electron chi connectivity index (χ3n) is 10.3. The van der Waals surface area contributed by atoms with E-state index in [1.165, 1.54) is 65.2 Å². The van der Waals surface area contributed by atoms with Gasteiger partial charge < -0.3 is 60.2 Å². The van der Waals surface area contributed by atoms with Gasteiger partial charge in [0.05, 0.1) is 6.04 Å². The van der Waals surface area contributed by atoms with Gasteiger partial charge in [0, 0.05) is 32.4 Å². The predicted molar refractivity (Wildman–Crippen MR) is 241 cm³/mol. The maximum atomic E-state index is 13.7. The van der Waals surface area contributed by atoms with Gasteiger partial charge in [-0.2, -0.15) is 0 Å². The molecule has 17 N–H and O–H groups in total. The molecule has 0 radical (unpaired) electrons. The summed E-state index contributed by atoms with van der Waals surface area (Å²) in [4.78, 5) is 102. The van der Waals surface area contributed by atoms with Crippen molar-refractivity contribution in [1.29, 1.82) is 10.8 Å². The monoisotopic (exact) mass is 894 g/mol. The lowest BCUT2D eigenvalue weighted by atomic mass is 10.0. The molecule has 0 rings (SSSR count). The number of primary amides is 2. The van der Waals surface area contributed by atoms with Crippen LogP contribution in [-0.4, -0.2) is 102 Å². The Kier molecular flexibility index (Phi) is 32.0. The second kappa shape index (κ2) is 35.0. The lowest BCUT2D eigenvalue weighted by Gasteiger charge is -2.26. The van der Waals surface area contributed by atoms with Crippen LogP contribution in [0.4, 0.5) is 0 Å². The Labute approximate surface area is 373 Å². The summed E-state index contributed by atoms with van der Waals surface area (Å²) in [7, 11) is 0. The molecule has 7 amide bonds. The van der Waals surface area contributed by atoms with Gasteiger partial charge in [0.15, 0.2) is 17.7 Å². The van der Waals surface area contributed by atoms with Crippen LogP contribution < -0.4 is 60.2 Å². The highest BCUT2D eigenvalue weighted by Crippen LogP contribution is 2.13. The van der Waals surface area contributed by atoms with Crippen LogP contribution in [0.25, 0.3) is 0 Å². The number of nitrogens with two attached hydrogens (primary N) is 4. The number of unbranched alkanes of at least 4 members (excludes halogenated alkanes) is 12. The SMILES string of the molecule is CCCCCCCCCCCCCCCC(=O)N[C@@H](CCCNC(=N)N)C(=O)N[C@@H](CCC(N)=O)C(=O)N[C@@H](C)C(=O)N[C@@H](CCC(N)=O)C(=O)N[C@@H](CCCNC(=N)N)C(C)=O. The first-order valence-electron chi connectivity index (χ1n) is 22.6. The standard InChI is InChI=1S/C42H79N13O8/c1-4-5-6-7-8-9-10-11-12-13-14-15-16-21-36(59)52-31(20-18-27-50-42(47)48)39(62)55-32(22-24-34(43)57)38(61)51-28(2)37(60)54-33(23-25-35(44)58)40(63)53-30(29(3)56)19-17-26-49-41(45)46/h28,30-33H,4-27H2,1-3H3,(H2,43,57)(H2,44,58)(H,51,61)(H,52,59)(H,53,63)(H,54,60)(H,55,62)(H4,45,46,49)(H4,47,48,50)/t28-,30-,31-,32-,33-/m0/s1. The Morgan fingerprint density at radius 1 is 0.444 bits per heavy atom. The van der Waals surface area contributed by atoms with Crippen LogP contribution in [0.3, 0.4) is 0 Å². The van der Waals surface area contributed by atoms with E-state index in [9.17, 15) is 38.4 Å². The summed E-state index contributed by atoms with van der Waals surface area (Å²) < 4.78 is 0. The Morgan fingerprint density at radius 3 is 1.22 bits per heavy atom. The summed E-state index contributed by atoms with van der Waals surface area (Å²) in [5, 5.41) is 32.7. The summed E-state index contributed by atoms with van der Waals surface area (Å²) in [5.74, 6) is -5.98. The zero-order valence-electron chi connectivity index (χ0n) is 37.9. The molecule has 0 bridgehead atoms. The molecule has 21 heteroatoms. The molecule has 360 valence electrons. The van der Waals surface area contributed by atoms with Gasteiger partial charge in [0.1, 0.15) is 24.2 Å². The lowest BCUT2D eigenvalue weighted by molar-refractivity contribution is -0.135. The van der Waals surface area contributed by atoms with Crippen LogP contribution in [0.1, 0.15) is 162 Å². The topological polar surface area (TPSA) is 373 Å². The largest absolute Gasteiger partial charge is 0.370 e. The van der Waals surface area contributed by atoms with E-state index in [-0.39, 0.29) is 81.6 Å². The average molecular weight is 894 g/mol. The molecular weight excluding hydrogens is 815 g/mol. The Bertz CT molecular complexity index is 1460. The fourth-order valence-electron chi connectivity index (χ4n) is 6.61. The highest BCUT2D eigenvalue weighted by molar-refractivity contribution is 5.96. The fraction of sp³-hybridized carbons (Fsp3) is 0.762. The van der Waals surface area contributed by atoms with Crippen LogP contribution in [0.2, 0.25) is 0 Å². The van der Waals surface area contributed by atoms with Gasteiger partial charge in [0.2, 0.25) is 41.4 Å². The molecule has 5 atom stereocenters. The maximum Gasteiger partial charge on any atom is 0.243 e. The third-order valence-corrected chi connectivity index (χ3v) is 10.3. The molecule has 0 fully saturated rings. The minimum Gasteiger partial charge on any atom is -0.370 e. The van der Waals surface area contributed by atoms with Gasteiger partial charge in [0.25, 0.3) is 0 Å². The number of ketones is 1. The summed E-state index contributed by atoms with van der Waals surface area (Å²) in [6.07, 6.45) is 15.1. The molecular formula is C42H79N13O8. The van der Waals surface area contributed by atoms with E-state index in [0.717, 1.165) is 25.7 Å². The van der Waals surface area contributed by atoms with E-state index in [1.54, 1.807) is 0 Å². The zero-order valence-corrected chi connectivity index (χ0v) is 37.9. The molecule has 21 nitrogen and oxygen atoms in total. The van der Waals surface area contributed by atoms with Gasteiger partial charge in [-0.1, -0.05) is 84.0 Å². The summed E-state index contributed by atoms with van der Waals surface area (Å²) in [5.41, 5.74) is 21.3. The van der Waals surface area contributed by atoms with Crippen LogP contribution in [0.5, 0.6) is 0 Å². The van der Waals surface area contributed by atoms with E-state index in [1.807, 2.05) is 0 Å². The third kappa shape index (κ3) is 31.1. The second-order valence-electron chi connectivity index (χ2n) is 16.1. The number of Topliss-reactive ketones (excluding diaryl/α,β-unsaturated/α-hetero) is 1. The van der Waals surface area contributed by atoms with E-state index >= 15 is 0 Å². The van der Waals surface area contributed by atoms with Crippen LogP contribution in [0, 0.1) is 10.8 Å². The molecule has 0 unspecified atom stereocenters. The number of nitrogens with one attached hydrogen (secondary N) is 9. The number of amides is 7. The van der Waals surface area contributed by atoms with Gasteiger partial charge in [-0.15, -0.1) is 0 Å². The molecule has 0 spiro atoms. The molecule has 0 aliphatic carbocycles. The summed E-state index contributed by atoms with van der Waals surface area (Å²) in [6, 6.07) is -6.08. The average Bonchev–Trinajstić information content (AvgIpc) is 3.21. The van der Waals surface area contributed by atoms with Crippen molar-refractivity contribution >= 4 is 59.1 Å². The molecule has 0 saturated carbocycles. The van der Waals surface area contributed by atoms with Gasteiger partial charge in [-0.3, -0.25) is 49.2 Å². The highest BCUT2D eigenvalue weighted by Gasteiger charge is 2.31. The Morgan fingerprint density at radius 2 is 0.810 bits per heavy atom. The Balaban J connectivity index is 5.59. The van der Waals surface area contributed by atoms with Crippen molar-refractivity contribution in [1.82, 2.24) is 37.2 Å². The van der Waals surface area contributed by atoms with E-state index in [2.05, 4.69) is 44.1 Å². The summed E-state index contributed by atoms with van der Waals surface area (Å²) >= 11 is 0. The number of hydrogen-bond acceptors (Lipinski definition) is 10. The highest BCUT2D eigenvalue weighted by atomic mass is 16.2. The molecule has 0 aliphatic rings. The lowest BCUT2D eigenvalue weighted by Crippen LogP contribution is -2.58. The Hall–Kier alpha value is -5.50. The molecule has 0 aromatic heterocycles. The molecule has 63 heavy (non-hydrogen) atoms. The van der Waals surface area contributed by atoms with E-state index in [4.69, 9.17) is 33.8 Å². The van der Waals surface area contributed by atoms with Crippen LogP contribution >= 0.6 is 0 Å². The first kappa shape index (κ1) is 57.5. The quantitative estimate of drug-likeness (QED) is 0.0230. The number of carbonyl (C=O) groups excluding carboxylic acids is 8. The predicted octanol–water partition coefficient (Wildman–Crippen LogP) is 0.558. The van der Waals surface area contributed by atoms with Crippen molar-refractivity contribution in [3.05, 3.63) is 0 Å². The number of carbonyl (C=O) groups is 8. The smallest absolute Gasteiger partial charge is 0.243 e. The normalized spacial score (nSPS) is 13.2. The van der Waals surface area contributed by atoms with E-state index in [0.29, 0.717) is 19.3 Å². The first-order valence-corrected chi connectivity index (χ1v) is 22.6. The van der Waals surface area contributed by atoms with Crippen LogP contribution in [0.15, 0.2) is 0 Å². The fourth-order valence-corrected chi connectivity index (χ4v) is 6.61. The zero-order chi connectivity index (χ0) is 47.6. The van der Waals surface area contributed by atoms with Gasteiger partial charge in [-0.05, 0) is 58.8 Å². The number of guanidine groups is 2. The minimum absolute atomic E-state index is 0.119. The first-order chi connectivity index (χ1) is 29.9.